The Morgan fingerprint density at radius 2 is 1.90 bits per heavy atom. The average molecular weight is 422 g/mol. The lowest BCUT2D eigenvalue weighted by molar-refractivity contribution is 0.202. The minimum absolute atomic E-state index is 0.504. The second kappa shape index (κ2) is 8.48. The Kier molecular flexibility index (Phi) is 5.94. The van der Waals surface area contributed by atoms with Crippen molar-refractivity contribution < 1.29 is 4.74 Å². The molecule has 0 amide bonds. The first-order chi connectivity index (χ1) is 14.5. The highest BCUT2D eigenvalue weighted by Crippen LogP contribution is 2.42. The Balaban J connectivity index is 2.00. The van der Waals surface area contributed by atoms with Crippen LogP contribution in [0, 0.1) is 20.8 Å². The van der Waals surface area contributed by atoms with Crippen molar-refractivity contribution in [2.75, 3.05) is 13.7 Å². The SMILES string of the molecule is CCC(CC)c1cc(C)nn2c(-c3c(C)sc4c(CCOC)cccc34)c(C)nc12. The molecule has 0 atom stereocenters. The van der Waals surface area contributed by atoms with E-state index in [2.05, 4.69) is 63.4 Å². The molecule has 0 aliphatic carbocycles. The van der Waals surface area contributed by atoms with Crippen LogP contribution in [0.15, 0.2) is 24.3 Å². The second-order valence-corrected chi connectivity index (χ2v) is 9.33. The highest BCUT2D eigenvalue weighted by Gasteiger charge is 2.23. The van der Waals surface area contributed by atoms with Crippen molar-refractivity contribution in [2.24, 2.45) is 0 Å². The summed E-state index contributed by atoms with van der Waals surface area (Å²) in [6, 6.07) is 8.84. The summed E-state index contributed by atoms with van der Waals surface area (Å²) in [6.07, 6.45) is 3.15. The molecule has 0 aliphatic rings. The summed E-state index contributed by atoms with van der Waals surface area (Å²) in [4.78, 5) is 6.34. The van der Waals surface area contributed by atoms with Gasteiger partial charge in [0.15, 0.2) is 5.65 Å². The Bertz CT molecular complexity index is 1200. The van der Waals surface area contributed by atoms with Crippen LogP contribution >= 0.6 is 11.3 Å². The first kappa shape index (κ1) is 21.0. The van der Waals surface area contributed by atoms with Crippen molar-refractivity contribution in [1.29, 1.82) is 0 Å². The fourth-order valence-corrected chi connectivity index (χ4v) is 5.79. The van der Waals surface area contributed by atoms with E-state index in [0.29, 0.717) is 5.92 Å². The molecule has 0 saturated carbocycles. The fraction of sp³-hybridized carbons (Fsp3) is 0.440. The van der Waals surface area contributed by atoms with Crippen LogP contribution in [0.5, 0.6) is 0 Å². The van der Waals surface area contributed by atoms with Gasteiger partial charge in [0, 0.05) is 33.2 Å². The first-order valence-electron chi connectivity index (χ1n) is 10.9. The van der Waals surface area contributed by atoms with E-state index >= 15 is 0 Å². The molecule has 0 unspecified atom stereocenters. The number of benzene rings is 1. The van der Waals surface area contributed by atoms with Gasteiger partial charge < -0.3 is 4.74 Å². The lowest BCUT2D eigenvalue weighted by Gasteiger charge is -2.15. The summed E-state index contributed by atoms with van der Waals surface area (Å²) >= 11 is 1.87. The minimum atomic E-state index is 0.504. The summed E-state index contributed by atoms with van der Waals surface area (Å²) < 4.78 is 8.79. The quantitative estimate of drug-likeness (QED) is 0.336. The Labute approximate surface area is 182 Å². The molecule has 3 heterocycles. The van der Waals surface area contributed by atoms with Crippen LogP contribution in [-0.2, 0) is 11.2 Å². The third-order valence-electron chi connectivity index (χ3n) is 6.12. The average Bonchev–Trinajstić information content (AvgIpc) is 3.22. The number of hydrogen-bond donors (Lipinski definition) is 0. The van der Waals surface area contributed by atoms with E-state index in [9.17, 15) is 0 Å². The zero-order chi connectivity index (χ0) is 21.4. The van der Waals surface area contributed by atoms with Crippen LogP contribution in [0.4, 0.5) is 0 Å². The molecule has 4 nitrogen and oxygen atoms in total. The predicted molar refractivity (Wildman–Crippen MR) is 127 cm³/mol. The van der Waals surface area contributed by atoms with Crippen LogP contribution in [0.1, 0.15) is 60.0 Å². The van der Waals surface area contributed by atoms with Crippen LogP contribution in [0.25, 0.3) is 27.0 Å². The monoisotopic (exact) mass is 421 g/mol. The molecule has 158 valence electrons. The first-order valence-corrected chi connectivity index (χ1v) is 11.7. The van der Waals surface area contributed by atoms with E-state index < -0.39 is 0 Å². The zero-order valence-electron chi connectivity index (χ0n) is 18.9. The van der Waals surface area contributed by atoms with Gasteiger partial charge in [-0.2, -0.15) is 5.10 Å². The molecule has 4 rings (SSSR count). The van der Waals surface area contributed by atoms with Crippen molar-refractivity contribution in [3.05, 3.63) is 51.7 Å². The molecule has 30 heavy (non-hydrogen) atoms. The number of methoxy groups -OCH3 is 1. The van der Waals surface area contributed by atoms with Gasteiger partial charge in [0.05, 0.1) is 23.7 Å². The van der Waals surface area contributed by atoms with Gasteiger partial charge in [0.25, 0.3) is 0 Å². The smallest absolute Gasteiger partial charge is 0.157 e. The van der Waals surface area contributed by atoms with Gasteiger partial charge in [0.2, 0.25) is 0 Å². The molecule has 0 radical (unpaired) electrons. The van der Waals surface area contributed by atoms with E-state index in [1.54, 1.807) is 7.11 Å². The molecule has 0 aliphatic heterocycles. The van der Waals surface area contributed by atoms with Crippen molar-refractivity contribution in [2.45, 2.75) is 59.8 Å². The molecule has 5 heteroatoms. The molecule has 0 N–H and O–H groups in total. The van der Waals surface area contributed by atoms with Crippen molar-refractivity contribution in [3.63, 3.8) is 0 Å². The third kappa shape index (κ3) is 3.44. The highest BCUT2D eigenvalue weighted by molar-refractivity contribution is 7.19. The third-order valence-corrected chi connectivity index (χ3v) is 7.32. The van der Waals surface area contributed by atoms with Crippen LogP contribution in [0.3, 0.4) is 0 Å². The molecule has 0 saturated heterocycles. The molecular formula is C25H31N3OS. The number of aromatic nitrogens is 3. The minimum Gasteiger partial charge on any atom is -0.384 e. The molecule has 4 aromatic rings. The van der Waals surface area contributed by atoms with Gasteiger partial charge in [-0.3, -0.25) is 0 Å². The lowest BCUT2D eigenvalue weighted by atomic mass is 9.95. The summed E-state index contributed by atoms with van der Waals surface area (Å²) in [5.74, 6) is 0.504. The van der Waals surface area contributed by atoms with Gasteiger partial charge >= 0.3 is 0 Å². The van der Waals surface area contributed by atoms with Crippen LogP contribution in [0.2, 0.25) is 0 Å². The van der Waals surface area contributed by atoms with E-state index in [0.717, 1.165) is 48.6 Å². The summed E-state index contributed by atoms with van der Waals surface area (Å²) in [7, 11) is 1.76. The Morgan fingerprint density at radius 1 is 1.13 bits per heavy atom. The number of fused-ring (bicyclic) bond motifs is 2. The van der Waals surface area contributed by atoms with Crippen molar-refractivity contribution >= 4 is 27.1 Å². The van der Waals surface area contributed by atoms with E-state index in [1.807, 2.05) is 11.3 Å². The summed E-state index contributed by atoms with van der Waals surface area (Å²) in [5, 5.41) is 6.22. The van der Waals surface area contributed by atoms with E-state index in [4.69, 9.17) is 14.8 Å². The van der Waals surface area contributed by atoms with Crippen LogP contribution < -0.4 is 0 Å². The Morgan fingerprint density at radius 3 is 2.60 bits per heavy atom. The molecule has 1 aromatic carbocycles. The number of thiophene rings is 1. The van der Waals surface area contributed by atoms with Gasteiger partial charge in [-0.15, -0.1) is 11.3 Å². The molecule has 0 spiro atoms. The Hall–Kier alpha value is -2.24. The number of imidazole rings is 1. The van der Waals surface area contributed by atoms with Gasteiger partial charge in [0.1, 0.15) is 0 Å². The topological polar surface area (TPSA) is 39.4 Å². The summed E-state index contributed by atoms with van der Waals surface area (Å²) in [5.41, 5.74) is 8.17. The molecule has 0 bridgehead atoms. The number of hydrogen-bond acceptors (Lipinski definition) is 4. The highest BCUT2D eigenvalue weighted by atomic mass is 32.1. The normalized spacial score (nSPS) is 12.0. The van der Waals surface area contributed by atoms with Gasteiger partial charge in [-0.25, -0.2) is 9.50 Å². The number of ether oxygens (including phenoxy) is 1. The number of nitrogens with zero attached hydrogens (tertiary/aromatic N) is 3. The second-order valence-electron chi connectivity index (χ2n) is 8.11. The van der Waals surface area contributed by atoms with Crippen LogP contribution in [-0.4, -0.2) is 28.3 Å². The largest absolute Gasteiger partial charge is 0.384 e. The molecule has 3 aromatic heterocycles. The maximum Gasteiger partial charge on any atom is 0.157 e. The fourth-order valence-electron chi connectivity index (χ4n) is 4.59. The number of aryl methyl sites for hydroxylation is 3. The lowest BCUT2D eigenvalue weighted by Crippen LogP contribution is -2.05. The maximum absolute atomic E-state index is 5.33. The molecular weight excluding hydrogens is 390 g/mol. The maximum atomic E-state index is 5.33. The van der Waals surface area contributed by atoms with Crippen molar-refractivity contribution in [3.8, 4) is 11.3 Å². The molecule has 0 fully saturated rings. The number of rotatable bonds is 7. The van der Waals surface area contributed by atoms with Gasteiger partial charge in [-0.05, 0) is 57.6 Å². The zero-order valence-corrected chi connectivity index (χ0v) is 19.7. The van der Waals surface area contributed by atoms with E-state index in [-0.39, 0.29) is 0 Å². The predicted octanol–water partition coefficient (Wildman–Crippen LogP) is 6.63. The summed E-state index contributed by atoms with van der Waals surface area (Å²) in [6.45, 7) is 11.7. The standard InChI is InChI=1S/C25H31N3OS/c1-7-18(8-2)21-14-15(3)27-28-23(16(4)26-25(21)28)22-17(5)30-24-19(12-13-29-6)10-9-11-20(22)24/h9-11,14,18H,7-8,12-13H2,1-6H3. The van der Waals surface area contributed by atoms with Crippen molar-refractivity contribution in [1.82, 2.24) is 14.6 Å². The van der Waals surface area contributed by atoms with E-state index in [1.165, 1.54) is 31.7 Å². The van der Waals surface area contributed by atoms with Gasteiger partial charge in [-0.1, -0.05) is 32.0 Å².